The minimum Gasteiger partial charge on any atom is -0.497 e. The number of ether oxygens (including phenoxy) is 1. The van der Waals surface area contributed by atoms with E-state index in [-0.39, 0.29) is 24.1 Å². The van der Waals surface area contributed by atoms with Crippen molar-refractivity contribution in [3.8, 4) is 5.75 Å². The van der Waals surface area contributed by atoms with Crippen molar-refractivity contribution in [3.63, 3.8) is 0 Å². The molecule has 1 aromatic rings. The van der Waals surface area contributed by atoms with Crippen molar-refractivity contribution in [2.45, 2.75) is 19.4 Å². The van der Waals surface area contributed by atoms with Crippen molar-refractivity contribution < 1.29 is 23.5 Å². The van der Waals surface area contributed by atoms with E-state index in [1.54, 1.807) is 17.9 Å². The zero-order chi connectivity index (χ0) is 19.6. The Bertz CT molecular complexity index is 749. The number of piperazine rings is 1. The van der Waals surface area contributed by atoms with Gasteiger partial charge in [-0.2, -0.15) is 0 Å². The van der Waals surface area contributed by atoms with Gasteiger partial charge in [-0.3, -0.25) is 14.9 Å². The maximum absolute atomic E-state index is 13.7. The second-order valence-corrected chi connectivity index (χ2v) is 6.81. The van der Waals surface area contributed by atoms with Crippen LogP contribution in [0.4, 0.5) is 14.9 Å². The highest BCUT2D eigenvalue weighted by molar-refractivity contribution is 6.04. The van der Waals surface area contributed by atoms with Crippen LogP contribution in [0, 0.1) is 11.7 Å². The highest BCUT2D eigenvalue weighted by Gasteiger charge is 2.34. The van der Waals surface area contributed by atoms with Crippen LogP contribution in [0.1, 0.15) is 13.3 Å². The smallest absolute Gasteiger partial charge is 0.322 e. The number of carbonyl (C=O) groups is 3. The van der Waals surface area contributed by atoms with Crippen LogP contribution in [0.5, 0.6) is 5.75 Å². The lowest BCUT2D eigenvalue weighted by molar-refractivity contribution is -0.135. The highest BCUT2D eigenvalue weighted by Crippen LogP contribution is 2.25. The number of amides is 4. The fourth-order valence-electron chi connectivity index (χ4n) is 3.42. The average Bonchev–Trinajstić information content (AvgIpc) is 2.97. The molecule has 2 aliphatic rings. The Morgan fingerprint density at radius 1 is 1.26 bits per heavy atom. The number of halogens is 1. The first kappa shape index (κ1) is 18.9. The maximum Gasteiger partial charge on any atom is 0.322 e. The predicted octanol–water partition coefficient (Wildman–Crippen LogP) is 0.717. The summed E-state index contributed by atoms with van der Waals surface area (Å²) >= 11 is 0. The van der Waals surface area contributed by atoms with Crippen LogP contribution in [0.25, 0.3) is 0 Å². The Hall–Kier alpha value is -2.84. The van der Waals surface area contributed by atoms with E-state index in [2.05, 4.69) is 10.6 Å². The molecule has 2 atom stereocenters. The van der Waals surface area contributed by atoms with E-state index in [0.29, 0.717) is 31.9 Å². The van der Waals surface area contributed by atoms with Crippen molar-refractivity contribution in [1.29, 1.82) is 0 Å². The predicted molar refractivity (Wildman–Crippen MR) is 96.0 cm³/mol. The third kappa shape index (κ3) is 4.29. The van der Waals surface area contributed by atoms with Gasteiger partial charge in [-0.1, -0.05) is 6.92 Å². The molecular weight excluding hydrogens is 355 g/mol. The van der Waals surface area contributed by atoms with E-state index >= 15 is 0 Å². The van der Waals surface area contributed by atoms with E-state index in [9.17, 15) is 18.8 Å². The Morgan fingerprint density at radius 3 is 2.56 bits per heavy atom. The van der Waals surface area contributed by atoms with Gasteiger partial charge in [0.15, 0.2) is 0 Å². The molecule has 2 saturated heterocycles. The van der Waals surface area contributed by atoms with Crippen LogP contribution in [0.3, 0.4) is 0 Å². The monoisotopic (exact) mass is 378 g/mol. The van der Waals surface area contributed by atoms with Gasteiger partial charge < -0.3 is 19.9 Å². The van der Waals surface area contributed by atoms with Gasteiger partial charge in [0.05, 0.1) is 7.11 Å². The molecule has 4 amide bonds. The molecule has 2 heterocycles. The summed E-state index contributed by atoms with van der Waals surface area (Å²) in [7, 11) is 1.49. The van der Waals surface area contributed by atoms with Crippen molar-refractivity contribution in [3.05, 3.63) is 24.0 Å². The van der Waals surface area contributed by atoms with E-state index < -0.39 is 18.0 Å². The number of benzene rings is 1. The van der Waals surface area contributed by atoms with Gasteiger partial charge in [-0.05, 0) is 12.5 Å². The second-order valence-electron chi connectivity index (χ2n) is 6.81. The molecule has 2 unspecified atom stereocenters. The van der Waals surface area contributed by atoms with Gasteiger partial charge in [-0.25, -0.2) is 9.18 Å². The Morgan fingerprint density at radius 2 is 1.96 bits per heavy atom. The number of hydrogen-bond acceptors (Lipinski definition) is 5. The van der Waals surface area contributed by atoms with Gasteiger partial charge in [-0.15, -0.1) is 0 Å². The quantitative estimate of drug-likeness (QED) is 0.737. The van der Waals surface area contributed by atoms with E-state index in [1.807, 2.05) is 4.90 Å². The van der Waals surface area contributed by atoms with Crippen LogP contribution >= 0.6 is 0 Å². The zero-order valence-corrected chi connectivity index (χ0v) is 15.3. The minimum absolute atomic E-state index is 0.0552. The van der Waals surface area contributed by atoms with Crippen molar-refractivity contribution >= 4 is 23.5 Å². The average molecular weight is 378 g/mol. The van der Waals surface area contributed by atoms with E-state index in [4.69, 9.17) is 4.74 Å². The number of urea groups is 1. The third-order valence-electron chi connectivity index (χ3n) is 4.92. The molecule has 0 radical (unpaired) electrons. The minimum atomic E-state index is -0.669. The first-order valence-electron chi connectivity index (χ1n) is 8.87. The molecule has 0 bridgehead atoms. The number of rotatable bonds is 5. The van der Waals surface area contributed by atoms with Crippen LogP contribution in [-0.4, -0.2) is 62.1 Å². The summed E-state index contributed by atoms with van der Waals surface area (Å²) in [6.45, 7) is 3.91. The molecule has 0 saturated carbocycles. The molecule has 0 spiro atoms. The molecule has 3 rings (SSSR count). The fraction of sp³-hybridized carbons (Fsp3) is 0.500. The van der Waals surface area contributed by atoms with Gasteiger partial charge in [0, 0.05) is 49.9 Å². The first-order chi connectivity index (χ1) is 12.9. The molecule has 0 aliphatic carbocycles. The molecule has 0 aromatic heterocycles. The van der Waals surface area contributed by atoms with Gasteiger partial charge >= 0.3 is 6.03 Å². The number of hydrogen-bond donors (Lipinski definition) is 2. The topological polar surface area (TPSA) is 91.0 Å². The molecule has 2 N–H and O–H groups in total. The summed E-state index contributed by atoms with van der Waals surface area (Å²) in [6.07, 6.45) is 0.262. The summed E-state index contributed by atoms with van der Waals surface area (Å²) in [5.74, 6) is -0.757. The summed E-state index contributed by atoms with van der Waals surface area (Å²) in [4.78, 5) is 39.2. The molecule has 9 heteroatoms. The zero-order valence-electron chi connectivity index (χ0n) is 15.3. The largest absolute Gasteiger partial charge is 0.497 e. The van der Waals surface area contributed by atoms with Crippen LogP contribution < -0.4 is 20.3 Å². The lowest BCUT2D eigenvalue weighted by Gasteiger charge is -2.37. The Kier molecular flexibility index (Phi) is 5.48. The molecule has 2 fully saturated rings. The summed E-state index contributed by atoms with van der Waals surface area (Å²) in [5, 5.41) is 4.68. The summed E-state index contributed by atoms with van der Waals surface area (Å²) in [5.41, 5.74) is 0.720. The maximum atomic E-state index is 13.7. The molecule has 8 nitrogen and oxygen atoms in total. The lowest BCUT2D eigenvalue weighted by atomic mass is 10.00. The van der Waals surface area contributed by atoms with Crippen LogP contribution in [-0.2, 0) is 9.59 Å². The van der Waals surface area contributed by atoms with Gasteiger partial charge in [0.25, 0.3) is 5.91 Å². The SMILES string of the molecule is COc1cc(F)cc(N2CCN(C(=O)C(C)CC3NC(=O)NC3=O)CC2)c1. The van der Waals surface area contributed by atoms with Crippen LogP contribution in [0.2, 0.25) is 0 Å². The van der Waals surface area contributed by atoms with Gasteiger partial charge in [0.1, 0.15) is 17.6 Å². The first-order valence-corrected chi connectivity index (χ1v) is 8.87. The molecule has 27 heavy (non-hydrogen) atoms. The standard InChI is InChI=1S/C18H23FN4O4/c1-11(7-15-16(24)21-18(26)20-15)17(25)23-5-3-22(4-6-23)13-8-12(19)9-14(10-13)27-2/h8-11,15H,3-7H2,1-2H3,(H2,20,21,24,26). The lowest BCUT2D eigenvalue weighted by Crippen LogP contribution is -2.50. The molecule has 146 valence electrons. The van der Waals surface area contributed by atoms with Crippen molar-refractivity contribution in [2.75, 3.05) is 38.2 Å². The van der Waals surface area contributed by atoms with E-state index in [0.717, 1.165) is 5.69 Å². The second kappa shape index (κ2) is 7.81. The highest BCUT2D eigenvalue weighted by atomic mass is 19.1. The number of anilines is 1. The summed E-state index contributed by atoms with van der Waals surface area (Å²) < 4.78 is 18.8. The fourth-order valence-corrected chi connectivity index (χ4v) is 3.42. The number of carbonyl (C=O) groups excluding carboxylic acids is 3. The number of methoxy groups -OCH3 is 1. The summed E-state index contributed by atoms with van der Waals surface area (Å²) in [6, 6.07) is 3.35. The van der Waals surface area contributed by atoms with E-state index in [1.165, 1.54) is 19.2 Å². The Labute approximate surface area is 156 Å². The Balaban J connectivity index is 1.55. The third-order valence-corrected chi connectivity index (χ3v) is 4.92. The molecule has 2 aliphatic heterocycles. The van der Waals surface area contributed by atoms with Crippen LogP contribution in [0.15, 0.2) is 18.2 Å². The number of nitrogens with one attached hydrogen (secondary N) is 2. The van der Waals surface area contributed by atoms with Crippen molar-refractivity contribution in [1.82, 2.24) is 15.5 Å². The normalized spacial score (nSPS) is 20.9. The number of imide groups is 1. The van der Waals surface area contributed by atoms with Crippen molar-refractivity contribution in [2.24, 2.45) is 5.92 Å². The number of nitrogens with zero attached hydrogens (tertiary/aromatic N) is 2. The molecular formula is C18H23FN4O4. The molecule has 1 aromatic carbocycles. The van der Waals surface area contributed by atoms with Gasteiger partial charge in [0.2, 0.25) is 5.91 Å².